The maximum Gasteiger partial charge on any atom is 0.228 e. The number of rotatable bonds is 6. The molecule has 2 aliphatic heterocycles. The van der Waals surface area contributed by atoms with Gasteiger partial charge in [-0.2, -0.15) is 0 Å². The molecule has 0 bridgehead atoms. The smallest absolute Gasteiger partial charge is 0.228 e. The second-order valence-corrected chi connectivity index (χ2v) is 7.03. The van der Waals surface area contributed by atoms with Crippen LogP contribution in [0.4, 0.5) is 15.8 Å². The van der Waals surface area contributed by atoms with Crippen molar-refractivity contribution in [3.63, 3.8) is 0 Å². The number of para-hydroxylation sites is 1. The molecule has 0 saturated carbocycles. The molecule has 0 unspecified atom stereocenters. The fourth-order valence-corrected chi connectivity index (χ4v) is 3.69. The normalized spacial score (nSPS) is 16.9. The maximum absolute atomic E-state index is 13.9. The Hall–Kier alpha value is -2.60. The van der Waals surface area contributed by atoms with Gasteiger partial charge in [-0.3, -0.25) is 9.69 Å². The van der Waals surface area contributed by atoms with E-state index in [4.69, 9.17) is 4.74 Å². The zero-order valence-electron chi connectivity index (χ0n) is 15.3. The fraction of sp³-hybridized carbons (Fsp3) is 0.381. The van der Waals surface area contributed by atoms with Gasteiger partial charge in [0.2, 0.25) is 5.91 Å². The van der Waals surface area contributed by atoms with Crippen LogP contribution in [0.15, 0.2) is 42.5 Å². The number of halogens is 1. The highest BCUT2D eigenvalue weighted by molar-refractivity contribution is 5.99. The number of amides is 1. The van der Waals surface area contributed by atoms with Crippen LogP contribution in [0.3, 0.4) is 0 Å². The van der Waals surface area contributed by atoms with Crippen molar-refractivity contribution < 1.29 is 13.9 Å². The van der Waals surface area contributed by atoms with Crippen LogP contribution in [-0.4, -0.2) is 50.1 Å². The topological polar surface area (TPSA) is 44.8 Å². The average Bonchev–Trinajstić information content (AvgIpc) is 3.05. The molecule has 0 atom stereocenters. The third kappa shape index (κ3) is 4.22. The molecule has 0 aliphatic carbocycles. The number of carbonyl (C=O) groups excluding carboxylic acids is 1. The third-order valence-corrected chi connectivity index (χ3v) is 5.15. The first-order valence-electron chi connectivity index (χ1n) is 9.46. The second-order valence-electron chi connectivity index (χ2n) is 7.03. The van der Waals surface area contributed by atoms with Crippen LogP contribution in [0.25, 0.3) is 0 Å². The summed E-state index contributed by atoms with van der Waals surface area (Å²) in [5, 5.41) is 2.83. The Morgan fingerprint density at radius 1 is 1.07 bits per heavy atom. The highest BCUT2D eigenvalue weighted by atomic mass is 19.1. The predicted octanol–water partition coefficient (Wildman–Crippen LogP) is 2.91. The van der Waals surface area contributed by atoms with Crippen molar-refractivity contribution in [1.29, 1.82) is 0 Å². The molecule has 1 saturated heterocycles. The molecule has 4 rings (SSSR count). The van der Waals surface area contributed by atoms with Crippen molar-refractivity contribution in [3.05, 3.63) is 53.8 Å². The largest absolute Gasteiger partial charge is 0.494 e. The van der Waals surface area contributed by atoms with Crippen molar-refractivity contribution in [2.45, 2.75) is 12.8 Å². The minimum Gasteiger partial charge on any atom is -0.494 e. The first-order valence-corrected chi connectivity index (χ1v) is 9.46. The van der Waals surface area contributed by atoms with E-state index < -0.39 is 0 Å². The van der Waals surface area contributed by atoms with Crippen LogP contribution in [-0.2, 0) is 11.2 Å². The van der Waals surface area contributed by atoms with Gasteiger partial charge in [-0.05, 0) is 42.3 Å². The lowest BCUT2D eigenvalue weighted by atomic mass is 10.1. The van der Waals surface area contributed by atoms with Gasteiger partial charge in [0.1, 0.15) is 11.6 Å². The summed E-state index contributed by atoms with van der Waals surface area (Å²) in [4.78, 5) is 15.9. The van der Waals surface area contributed by atoms with Gasteiger partial charge >= 0.3 is 0 Å². The molecule has 1 amide bonds. The fourth-order valence-electron chi connectivity index (χ4n) is 3.69. The molecule has 2 heterocycles. The van der Waals surface area contributed by atoms with Crippen molar-refractivity contribution in [3.8, 4) is 5.75 Å². The molecule has 1 N–H and O–H groups in total. The van der Waals surface area contributed by atoms with Crippen molar-refractivity contribution >= 4 is 17.3 Å². The zero-order valence-corrected chi connectivity index (χ0v) is 15.3. The molecule has 0 spiro atoms. The summed E-state index contributed by atoms with van der Waals surface area (Å²) in [5.41, 5.74) is 2.59. The number of carbonyl (C=O) groups is 1. The summed E-state index contributed by atoms with van der Waals surface area (Å²) in [6.07, 6.45) is 1.37. The Morgan fingerprint density at radius 2 is 1.89 bits per heavy atom. The van der Waals surface area contributed by atoms with Crippen LogP contribution in [0.2, 0.25) is 0 Å². The summed E-state index contributed by atoms with van der Waals surface area (Å²) in [5.74, 6) is 0.705. The summed E-state index contributed by atoms with van der Waals surface area (Å²) < 4.78 is 19.7. The Labute approximate surface area is 158 Å². The van der Waals surface area contributed by atoms with Gasteiger partial charge in [-0.25, -0.2) is 4.39 Å². The van der Waals surface area contributed by atoms with E-state index in [1.165, 1.54) is 6.07 Å². The van der Waals surface area contributed by atoms with E-state index in [2.05, 4.69) is 15.1 Å². The number of nitrogens with zero attached hydrogens (tertiary/aromatic N) is 2. The zero-order chi connectivity index (χ0) is 18.6. The summed E-state index contributed by atoms with van der Waals surface area (Å²) in [7, 11) is 0. The summed E-state index contributed by atoms with van der Waals surface area (Å²) >= 11 is 0. The van der Waals surface area contributed by atoms with Crippen LogP contribution < -0.4 is 15.0 Å². The number of hydrogen-bond donors (Lipinski definition) is 1. The Balaban J connectivity index is 1.18. The number of piperazine rings is 1. The van der Waals surface area contributed by atoms with Crippen molar-refractivity contribution in [2.75, 3.05) is 49.5 Å². The first kappa shape index (κ1) is 17.8. The Bertz CT molecular complexity index is 819. The molecule has 0 aromatic heterocycles. The van der Waals surface area contributed by atoms with E-state index in [0.717, 1.165) is 56.1 Å². The van der Waals surface area contributed by atoms with Gasteiger partial charge < -0.3 is 15.0 Å². The molecule has 0 radical (unpaired) electrons. The Morgan fingerprint density at radius 3 is 2.70 bits per heavy atom. The number of benzene rings is 2. The quantitative estimate of drug-likeness (QED) is 0.796. The third-order valence-electron chi connectivity index (χ3n) is 5.15. The molecular formula is C21H24FN3O2. The number of hydrogen-bond acceptors (Lipinski definition) is 4. The molecular weight excluding hydrogens is 345 g/mol. The Kier molecular flexibility index (Phi) is 5.25. The minimum atomic E-state index is -0.148. The molecule has 2 aliphatic rings. The molecule has 6 heteroatoms. The lowest BCUT2D eigenvalue weighted by Crippen LogP contribution is -2.47. The van der Waals surface area contributed by atoms with Crippen molar-refractivity contribution in [1.82, 2.24) is 4.90 Å². The van der Waals surface area contributed by atoms with Crippen LogP contribution in [0, 0.1) is 5.82 Å². The molecule has 142 valence electrons. The molecule has 5 nitrogen and oxygen atoms in total. The maximum atomic E-state index is 13.9. The lowest BCUT2D eigenvalue weighted by Gasteiger charge is -2.36. The number of fused-ring (bicyclic) bond motifs is 1. The highest BCUT2D eigenvalue weighted by Crippen LogP contribution is 2.27. The summed E-state index contributed by atoms with van der Waals surface area (Å²) in [6, 6.07) is 12.7. The van der Waals surface area contributed by atoms with Crippen LogP contribution in [0.1, 0.15) is 12.0 Å². The molecule has 2 aromatic carbocycles. The average molecular weight is 369 g/mol. The van der Waals surface area contributed by atoms with E-state index in [1.807, 2.05) is 30.3 Å². The lowest BCUT2D eigenvalue weighted by molar-refractivity contribution is -0.115. The first-order chi connectivity index (χ1) is 13.2. The van der Waals surface area contributed by atoms with E-state index in [1.54, 1.807) is 6.07 Å². The highest BCUT2D eigenvalue weighted by Gasteiger charge is 2.19. The van der Waals surface area contributed by atoms with Crippen LogP contribution >= 0.6 is 0 Å². The minimum absolute atomic E-state index is 0.0386. The van der Waals surface area contributed by atoms with Gasteiger partial charge in [0, 0.05) is 38.4 Å². The van der Waals surface area contributed by atoms with Crippen molar-refractivity contribution in [2.24, 2.45) is 0 Å². The van der Waals surface area contributed by atoms with Gasteiger partial charge in [-0.1, -0.05) is 12.1 Å². The van der Waals surface area contributed by atoms with E-state index in [9.17, 15) is 9.18 Å². The van der Waals surface area contributed by atoms with E-state index in [-0.39, 0.29) is 11.7 Å². The van der Waals surface area contributed by atoms with Gasteiger partial charge in [0.15, 0.2) is 0 Å². The van der Waals surface area contributed by atoms with Gasteiger partial charge in [0.05, 0.1) is 18.7 Å². The molecule has 27 heavy (non-hydrogen) atoms. The number of ether oxygens (including phenoxy) is 1. The second kappa shape index (κ2) is 7.96. The number of anilines is 2. The van der Waals surface area contributed by atoms with Crippen LogP contribution in [0.5, 0.6) is 5.75 Å². The molecule has 1 fully saturated rings. The van der Waals surface area contributed by atoms with Gasteiger partial charge in [0.25, 0.3) is 0 Å². The van der Waals surface area contributed by atoms with E-state index >= 15 is 0 Å². The standard InChI is InChI=1S/C21H24FN3O2/c22-18-4-1-2-5-20(18)25-11-9-24(10-12-25)8-3-13-27-17-6-7-19-16(14-17)15-21(26)23-19/h1-2,4-7,14H,3,8-13,15H2,(H,23,26). The monoisotopic (exact) mass is 369 g/mol. The number of nitrogens with one attached hydrogen (secondary N) is 1. The SMILES string of the molecule is O=C1Cc2cc(OCCCN3CCN(c4ccccc4F)CC3)ccc2N1. The predicted molar refractivity (Wildman–Crippen MR) is 104 cm³/mol. The summed E-state index contributed by atoms with van der Waals surface area (Å²) in [6.45, 7) is 5.16. The van der Waals surface area contributed by atoms with Gasteiger partial charge in [-0.15, -0.1) is 0 Å². The van der Waals surface area contributed by atoms with E-state index in [0.29, 0.717) is 18.7 Å². The molecule has 2 aromatic rings.